The Morgan fingerprint density at radius 2 is 1.58 bits per heavy atom. The van der Waals surface area contributed by atoms with Gasteiger partial charge in [0.15, 0.2) is 5.82 Å². The van der Waals surface area contributed by atoms with Gasteiger partial charge in [0, 0.05) is 24.5 Å². The number of benzene rings is 3. The second kappa shape index (κ2) is 5.88. The van der Waals surface area contributed by atoms with Crippen LogP contribution in [0.3, 0.4) is 0 Å². The van der Waals surface area contributed by atoms with Crippen molar-refractivity contribution in [3.63, 3.8) is 0 Å². The molecule has 3 aromatic carbocycles. The first-order valence-electron chi connectivity index (χ1n) is 8.49. The van der Waals surface area contributed by atoms with Crippen LogP contribution in [0.4, 0.5) is 10.2 Å². The molecular formula is C21H16FN3O. The van der Waals surface area contributed by atoms with Crippen molar-refractivity contribution in [1.29, 1.82) is 0 Å². The third-order valence-corrected chi connectivity index (χ3v) is 4.70. The summed E-state index contributed by atoms with van der Waals surface area (Å²) in [5.74, 6) is 1.95. The molecule has 128 valence electrons. The van der Waals surface area contributed by atoms with Crippen LogP contribution in [0.1, 0.15) is 11.1 Å². The van der Waals surface area contributed by atoms with Gasteiger partial charge >= 0.3 is 0 Å². The van der Waals surface area contributed by atoms with Gasteiger partial charge in [-0.2, -0.15) is 5.10 Å². The average molecular weight is 345 g/mol. The normalized spacial score (nSPS) is 13.2. The molecule has 0 radical (unpaired) electrons. The quantitative estimate of drug-likeness (QED) is 0.567. The summed E-state index contributed by atoms with van der Waals surface area (Å²) in [5, 5.41) is 8.67. The summed E-state index contributed by atoms with van der Waals surface area (Å²) in [4.78, 5) is 2.27. The van der Waals surface area contributed by atoms with Gasteiger partial charge in [-0.05, 0) is 47.5 Å². The smallest absolute Gasteiger partial charge is 0.158 e. The number of halogens is 1. The first-order valence-corrected chi connectivity index (χ1v) is 8.49. The Balaban J connectivity index is 1.42. The highest BCUT2D eigenvalue weighted by Crippen LogP contribution is 2.33. The van der Waals surface area contributed by atoms with E-state index in [9.17, 15) is 4.39 Å². The molecule has 5 heteroatoms. The number of hydrogen-bond donors (Lipinski definition) is 1. The molecule has 4 aromatic rings. The predicted molar refractivity (Wildman–Crippen MR) is 98.9 cm³/mol. The van der Waals surface area contributed by atoms with E-state index in [2.05, 4.69) is 39.4 Å². The number of aromatic nitrogens is 2. The zero-order chi connectivity index (χ0) is 17.5. The summed E-state index contributed by atoms with van der Waals surface area (Å²) in [6.07, 6.45) is 0. The summed E-state index contributed by atoms with van der Waals surface area (Å²) in [6.45, 7) is 1.73. The molecule has 1 aromatic heterocycles. The second-order valence-corrected chi connectivity index (χ2v) is 6.44. The van der Waals surface area contributed by atoms with Gasteiger partial charge < -0.3 is 9.64 Å². The van der Waals surface area contributed by atoms with Gasteiger partial charge in [-0.1, -0.05) is 24.3 Å². The fourth-order valence-electron chi connectivity index (χ4n) is 3.41. The molecular weight excluding hydrogens is 329 g/mol. The molecule has 0 unspecified atom stereocenters. The summed E-state index contributed by atoms with van der Waals surface area (Å²) < 4.78 is 18.8. The highest BCUT2D eigenvalue weighted by atomic mass is 19.1. The highest BCUT2D eigenvalue weighted by Gasteiger charge is 2.22. The lowest BCUT2D eigenvalue weighted by Crippen LogP contribution is -2.15. The first kappa shape index (κ1) is 15.0. The van der Waals surface area contributed by atoms with Crippen molar-refractivity contribution in [3.05, 3.63) is 83.7 Å². The van der Waals surface area contributed by atoms with Crippen LogP contribution >= 0.6 is 0 Å². The molecule has 0 aliphatic carbocycles. The van der Waals surface area contributed by atoms with Crippen molar-refractivity contribution in [2.24, 2.45) is 0 Å². The zero-order valence-corrected chi connectivity index (χ0v) is 13.9. The van der Waals surface area contributed by atoms with E-state index in [1.807, 2.05) is 18.2 Å². The first-order chi connectivity index (χ1) is 12.8. The van der Waals surface area contributed by atoms with Crippen LogP contribution in [0, 0.1) is 5.82 Å². The number of fused-ring (bicyclic) bond motifs is 2. The zero-order valence-electron chi connectivity index (χ0n) is 13.9. The summed E-state index contributed by atoms with van der Waals surface area (Å²) in [6, 6.07) is 20.3. The standard InChI is InChI=1S/C21H16FN3O/c22-16-5-7-17(8-6-16)26-18-9-10-19-20(11-18)23-24-21(19)25-12-14-3-1-2-4-15(14)13-25/h1-11H,12-13H2,(H,23,24). The van der Waals surface area contributed by atoms with Gasteiger partial charge in [0.1, 0.15) is 17.3 Å². The number of rotatable bonds is 3. The number of hydrogen-bond acceptors (Lipinski definition) is 3. The minimum Gasteiger partial charge on any atom is -0.457 e. The SMILES string of the molecule is Fc1ccc(Oc2ccc3c(N4Cc5ccccc5C4)n[nH]c3c2)cc1. The van der Waals surface area contributed by atoms with Gasteiger partial charge in [-0.15, -0.1) is 0 Å². The molecule has 1 aliphatic rings. The largest absolute Gasteiger partial charge is 0.457 e. The predicted octanol–water partition coefficient (Wildman–Crippen LogP) is 5.01. The van der Waals surface area contributed by atoms with Crippen molar-refractivity contribution in [1.82, 2.24) is 10.2 Å². The van der Waals surface area contributed by atoms with Gasteiger partial charge in [-0.25, -0.2) is 4.39 Å². The minimum atomic E-state index is -0.280. The Labute approximate surface area is 149 Å². The van der Waals surface area contributed by atoms with Crippen LogP contribution in [-0.2, 0) is 13.1 Å². The second-order valence-electron chi connectivity index (χ2n) is 6.44. The number of nitrogens with one attached hydrogen (secondary N) is 1. The van der Waals surface area contributed by atoms with Crippen molar-refractivity contribution in [2.75, 3.05) is 4.90 Å². The third kappa shape index (κ3) is 2.58. The van der Waals surface area contributed by atoms with Crippen LogP contribution in [0.25, 0.3) is 10.9 Å². The lowest BCUT2D eigenvalue weighted by Gasteiger charge is -2.14. The van der Waals surface area contributed by atoms with E-state index in [4.69, 9.17) is 4.74 Å². The Morgan fingerprint density at radius 3 is 2.31 bits per heavy atom. The van der Waals surface area contributed by atoms with Gasteiger partial charge in [0.05, 0.1) is 5.52 Å². The van der Waals surface area contributed by atoms with Crippen LogP contribution in [0.2, 0.25) is 0 Å². The molecule has 0 spiro atoms. The molecule has 26 heavy (non-hydrogen) atoms. The fraction of sp³-hybridized carbons (Fsp3) is 0.0952. The van der Waals surface area contributed by atoms with E-state index < -0.39 is 0 Å². The maximum Gasteiger partial charge on any atom is 0.158 e. The molecule has 0 amide bonds. The summed E-state index contributed by atoms with van der Waals surface area (Å²) in [5.41, 5.74) is 3.61. The van der Waals surface area contributed by atoms with Crippen molar-refractivity contribution < 1.29 is 9.13 Å². The van der Waals surface area contributed by atoms with E-state index in [0.29, 0.717) is 11.5 Å². The number of ether oxygens (including phenoxy) is 1. The molecule has 5 rings (SSSR count). The molecule has 0 fully saturated rings. The Morgan fingerprint density at radius 1 is 0.885 bits per heavy atom. The van der Waals surface area contributed by atoms with Crippen molar-refractivity contribution >= 4 is 16.7 Å². The van der Waals surface area contributed by atoms with Crippen LogP contribution in [-0.4, -0.2) is 10.2 Å². The third-order valence-electron chi connectivity index (χ3n) is 4.70. The molecule has 0 bridgehead atoms. The van der Waals surface area contributed by atoms with Crippen molar-refractivity contribution in [3.8, 4) is 11.5 Å². The van der Waals surface area contributed by atoms with Crippen molar-refractivity contribution in [2.45, 2.75) is 13.1 Å². The monoisotopic (exact) mass is 345 g/mol. The van der Waals surface area contributed by atoms with Gasteiger partial charge in [0.25, 0.3) is 0 Å². The molecule has 0 saturated carbocycles. The van der Waals surface area contributed by atoms with E-state index in [1.165, 1.54) is 23.3 Å². The average Bonchev–Trinajstić information content (AvgIpc) is 3.26. The van der Waals surface area contributed by atoms with Crippen LogP contribution in [0.15, 0.2) is 66.7 Å². The Kier molecular flexibility index (Phi) is 3.38. The fourth-order valence-corrected chi connectivity index (χ4v) is 3.41. The number of H-pyrrole nitrogens is 1. The Bertz CT molecular complexity index is 1060. The van der Waals surface area contributed by atoms with Crippen LogP contribution < -0.4 is 9.64 Å². The number of aromatic amines is 1. The number of nitrogens with zero attached hydrogens (tertiary/aromatic N) is 2. The minimum absolute atomic E-state index is 0.280. The van der Waals surface area contributed by atoms with E-state index in [1.54, 1.807) is 12.1 Å². The highest BCUT2D eigenvalue weighted by molar-refractivity contribution is 5.91. The molecule has 2 heterocycles. The van der Waals surface area contributed by atoms with Crippen LogP contribution in [0.5, 0.6) is 11.5 Å². The lowest BCUT2D eigenvalue weighted by molar-refractivity contribution is 0.481. The van der Waals surface area contributed by atoms with Gasteiger partial charge in [0.2, 0.25) is 0 Å². The van der Waals surface area contributed by atoms with E-state index in [0.717, 1.165) is 29.8 Å². The van der Waals surface area contributed by atoms with E-state index in [-0.39, 0.29) is 5.82 Å². The van der Waals surface area contributed by atoms with Gasteiger partial charge in [-0.3, -0.25) is 5.10 Å². The molecule has 1 N–H and O–H groups in total. The molecule has 4 nitrogen and oxygen atoms in total. The summed E-state index contributed by atoms with van der Waals surface area (Å²) >= 11 is 0. The lowest BCUT2D eigenvalue weighted by atomic mass is 10.1. The molecule has 0 saturated heterocycles. The maximum absolute atomic E-state index is 13.0. The summed E-state index contributed by atoms with van der Waals surface area (Å²) in [7, 11) is 0. The maximum atomic E-state index is 13.0. The van der Waals surface area contributed by atoms with E-state index >= 15 is 0 Å². The Hall–Kier alpha value is -3.34. The molecule has 1 aliphatic heterocycles. The number of anilines is 1. The topological polar surface area (TPSA) is 41.1 Å². The molecule has 0 atom stereocenters.